The molecule has 5 atom stereocenters. The third-order valence-corrected chi connectivity index (χ3v) is 12.6. The fraction of sp³-hybridized carbons (Fsp3) is 0.474. The lowest BCUT2D eigenvalue weighted by Crippen LogP contribution is -2.57. The first-order valence-electron chi connectivity index (χ1n) is 17.7. The standard InChI is InChI=1S/C38H44N4O8S/c1-3-25-21-38(25,37(46)41-51(47,48)28-15-16-28)40-35(44)32-19-27(22-42(32)36(45)34(43)24-12-8-5-9-13-24)50-33-20-30(23-10-6-4-7-11-23)39-31-18-26(49-2)14-17-29(31)33/h3-4,6-7,10-11,14,17-18,20,24-25,27-28,32,34,43H,1,5,8-9,12-13,15-16,19,21-22H2,2H3,(H,40,44)(H,41,46)/t25-,27-,32?,34+,38-/m1/s1. The number of hydrogen-bond donors (Lipinski definition) is 3. The van der Waals surface area contributed by atoms with Crippen molar-refractivity contribution in [2.45, 2.75) is 86.8 Å². The van der Waals surface area contributed by atoms with Crippen LogP contribution in [-0.4, -0.2) is 83.8 Å². The summed E-state index contributed by atoms with van der Waals surface area (Å²) in [6.07, 6.45) is 5.08. The highest BCUT2D eigenvalue weighted by Crippen LogP contribution is 2.46. The zero-order chi connectivity index (χ0) is 35.9. The van der Waals surface area contributed by atoms with Crippen molar-refractivity contribution in [1.29, 1.82) is 0 Å². The number of rotatable bonds is 12. The smallest absolute Gasteiger partial charge is 0.259 e. The number of sulfonamides is 1. The van der Waals surface area contributed by atoms with Gasteiger partial charge in [0.2, 0.25) is 15.9 Å². The number of aliphatic hydroxyl groups is 1. The number of benzene rings is 2. The van der Waals surface area contributed by atoms with E-state index in [-0.39, 0.29) is 25.3 Å². The summed E-state index contributed by atoms with van der Waals surface area (Å²) in [7, 11) is -2.29. The van der Waals surface area contributed by atoms with Gasteiger partial charge >= 0.3 is 0 Å². The van der Waals surface area contributed by atoms with E-state index < -0.39 is 62.7 Å². The SMILES string of the molecule is C=C[C@@H]1C[C@]1(NC(=O)C1C[C@@H](Oc2cc(-c3ccccc3)nc3cc(OC)ccc23)CN1C(=O)[C@@H](O)C1CCCCC1)C(=O)NS(=O)(=O)C1CC1. The number of nitrogens with zero attached hydrogens (tertiary/aromatic N) is 2. The third kappa shape index (κ3) is 7.05. The average molecular weight is 717 g/mol. The summed E-state index contributed by atoms with van der Waals surface area (Å²) < 4.78 is 39.6. The van der Waals surface area contributed by atoms with Crippen molar-refractivity contribution in [2.24, 2.45) is 11.8 Å². The number of methoxy groups -OCH3 is 1. The first-order chi connectivity index (χ1) is 24.5. The van der Waals surface area contributed by atoms with Gasteiger partial charge in [0.1, 0.15) is 35.3 Å². The molecule has 1 aromatic heterocycles. The largest absolute Gasteiger partial charge is 0.497 e. The number of amides is 3. The second kappa shape index (κ2) is 13.9. The van der Waals surface area contributed by atoms with E-state index in [0.29, 0.717) is 53.8 Å². The van der Waals surface area contributed by atoms with E-state index in [4.69, 9.17) is 14.5 Å². The molecule has 3 saturated carbocycles. The molecule has 12 nitrogen and oxygen atoms in total. The normalized spacial score (nSPS) is 25.5. The summed E-state index contributed by atoms with van der Waals surface area (Å²) in [6, 6.07) is 15.8. The number of carbonyl (C=O) groups is 3. The molecule has 1 aliphatic heterocycles. The van der Waals surface area contributed by atoms with Gasteiger partial charge in [0.05, 0.1) is 30.1 Å². The van der Waals surface area contributed by atoms with Gasteiger partial charge in [-0.3, -0.25) is 19.1 Å². The highest BCUT2D eigenvalue weighted by molar-refractivity contribution is 7.91. The van der Waals surface area contributed by atoms with Crippen LogP contribution in [0.3, 0.4) is 0 Å². The molecule has 0 bridgehead atoms. The highest BCUT2D eigenvalue weighted by Gasteiger charge is 2.62. The van der Waals surface area contributed by atoms with Crippen LogP contribution in [0.2, 0.25) is 0 Å². The van der Waals surface area contributed by atoms with Crippen molar-refractivity contribution in [3.63, 3.8) is 0 Å². The van der Waals surface area contributed by atoms with Gasteiger partial charge in [-0.15, -0.1) is 6.58 Å². The number of nitrogens with one attached hydrogen (secondary N) is 2. The third-order valence-electron chi connectivity index (χ3n) is 10.8. The minimum Gasteiger partial charge on any atom is -0.497 e. The number of ether oxygens (including phenoxy) is 2. The van der Waals surface area contributed by atoms with E-state index >= 15 is 0 Å². The number of likely N-dealkylation sites (tertiary alicyclic amines) is 1. The first kappa shape index (κ1) is 34.9. The lowest BCUT2D eigenvalue weighted by molar-refractivity contribution is -0.148. The molecule has 13 heteroatoms. The van der Waals surface area contributed by atoms with Gasteiger partial charge in [0, 0.05) is 35.4 Å². The number of pyridine rings is 1. The Morgan fingerprint density at radius 3 is 2.47 bits per heavy atom. The summed E-state index contributed by atoms with van der Waals surface area (Å²) in [5, 5.41) is 14.2. The van der Waals surface area contributed by atoms with E-state index in [9.17, 15) is 27.9 Å². The molecule has 1 saturated heterocycles. The minimum absolute atomic E-state index is 0.0154. The van der Waals surface area contributed by atoms with Crippen molar-refractivity contribution in [3.05, 3.63) is 67.3 Å². The van der Waals surface area contributed by atoms with Gasteiger partial charge in [0.15, 0.2) is 0 Å². The number of hydrogen-bond acceptors (Lipinski definition) is 9. The summed E-state index contributed by atoms with van der Waals surface area (Å²) in [5.41, 5.74) is 0.660. The van der Waals surface area contributed by atoms with Crippen LogP contribution in [-0.2, 0) is 24.4 Å². The molecule has 0 spiro atoms. The van der Waals surface area contributed by atoms with Crippen molar-refractivity contribution in [2.75, 3.05) is 13.7 Å². The predicted octanol–water partition coefficient (Wildman–Crippen LogP) is 3.87. The lowest BCUT2D eigenvalue weighted by atomic mass is 9.84. The Balaban J connectivity index is 1.18. The number of aliphatic hydroxyl groups excluding tert-OH is 1. The summed E-state index contributed by atoms with van der Waals surface area (Å²) in [4.78, 5) is 47.9. The van der Waals surface area contributed by atoms with Crippen LogP contribution in [0.5, 0.6) is 11.5 Å². The van der Waals surface area contributed by atoms with Crippen LogP contribution >= 0.6 is 0 Å². The molecule has 2 aromatic carbocycles. The molecule has 270 valence electrons. The second-order valence-electron chi connectivity index (χ2n) is 14.3. The molecule has 3 N–H and O–H groups in total. The Morgan fingerprint density at radius 2 is 1.80 bits per heavy atom. The van der Waals surface area contributed by atoms with Crippen molar-refractivity contribution in [3.8, 4) is 22.8 Å². The molecule has 4 aliphatic rings. The summed E-state index contributed by atoms with van der Waals surface area (Å²) >= 11 is 0. The van der Waals surface area contributed by atoms with Crippen LogP contribution in [0, 0.1) is 11.8 Å². The fourth-order valence-corrected chi connectivity index (χ4v) is 8.92. The predicted molar refractivity (Wildman–Crippen MR) is 190 cm³/mol. The van der Waals surface area contributed by atoms with Crippen molar-refractivity contribution < 1.29 is 37.4 Å². The van der Waals surface area contributed by atoms with Crippen LogP contribution in [0.15, 0.2) is 67.3 Å². The Bertz CT molecular complexity index is 1950. The molecule has 3 aliphatic carbocycles. The molecule has 4 fully saturated rings. The second-order valence-corrected chi connectivity index (χ2v) is 16.2. The van der Waals surface area contributed by atoms with E-state index in [1.807, 2.05) is 48.5 Å². The zero-order valence-corrected chi connectivity index (χ0v) is 29.4. The maximum Gasteiger partial charge on any atom is 0.259 e. The molecule has 3 aromatic rings. The molecule has 3 amide bonds. The fourth-order valence-electron chi connectivity index (χ4n) is 7.55. The molecule has 7 rings (SSSR count). The van der Waals surface area contributed by atoms with Gasteiger partial charge in [-0.25, -0.2) is 13.4 Å². The maximum absolute atomic E-state index is 14.2. The molecular weight excluding hydrogens is 673 g/mol. The van der Waals surface area contributed by atoms with Gasteiger partial charge in [-0.2, -0.15) is 0 Å². The van der Waals surface area contributed by atoms with E-state index in [1.165, 1.54) is 11.0 Å². The summed E-state index contributed by atoms with van der Waals surface area (Å²) in [5.74, 6) is -1.58. The van der Waals surface area contributed by atoms with E-state index in [0.717, 1.165) is 24.8 Å². The van der Waals surface area contributed by atoms with Crippen LogP contribution in [0.25, 0.3) is 22.2 Å². The Labute approximate surface area is 297 Å². The van der Waals surface area contributed by atoms with Gasteiger partial charge in [-0.1, -0.05) is 55.7 Å². The summed E-state index contributed by atoms with van der Waals surface area (Å²) in [6.45, 7) is 3.79. The Hall–Kier alpha value is -4.49. The Kier molecular flexibility index (Phi) is 9.53. The number of aromatic nitrogens is 1. The first-order valence-corrected chi connectivity index (χ1v) is 19.3. The molecule has 51 heavy (non-hydrogen) atoms. The monoisotopic (exact) mass is 716 g/mol. The van der Waals surface area contributed by atoms with E-state index in [1.54, 1.807) is 13.2 Å². The van der Waals surface area contributed by atoms with Crippen LogP contribution < -0.4 is 19.5 Å². The van der Waals surface area contributed by atoms with Crippen LogP contribution in [0.4, 0.5) is 0 Å². The number of fused-ring (bicyclic) bond motifs is 1. The van der Waals surface area contributed by atoms with E-state index in [2.05, 4.69) is 16.6 Å². The van der Waals surface area contributed by atoms with Crippen LogP contribution in [0.1, 0.15) is 57.8 Å². The van der Waals surface area contributed by atoms with Gasteiger partial charge < -0.3 is 24.8 Å². The molecule has 2 heterocycles. The topological polar surface area (TPSA) is 164 Å². The zero-order valence-electron chi connectivity index (χ0n) is 28.6. The minimum atomic E-state index is -3.87. The van der Waals surface area contributed by atoms with Gasteiger partial charge in [-0.05, 0) is 50.2 Å². The molecule has 1 unspecified atom stereocenters. The number of carbonyl (C=O) groups excluding carboxylic acids is 3. The molecule has 0 radical (unpaired) electrons. The average Bonchev–Trinajstić information content (AvgIpc) is 4.08. The van der Waals surface area contributed by atoms with Gasteiger partial charge in [0.25, 0.3) is 11.8 Å². The quantitative estimate of drug-likeness (QED) is 0.236. The lowest BCUT2D eigenvalue weighted by Gasteiger charge is -2.32. The van der Waals surface area contributed by atoms with Crippen molar-refractivity contribution >= 4 is 38.6 Å². The Morgan fingerprint density at radius 1 is 1.06 bits per heavy atom. The highest BCUT2D eigenvalue weighted by atomic mass is 32.2. The maximum atomic E-state index is 14.2. The molecular formula is C38H44N4O8S. The van der Waals surface area contributed by atoms with Crippen molar-refractivity contribution in [1.82, 2.24) is 19.9 Å².